The second-order valence-corrected chi connectivity index (χ2v) is 9.31. The van der Waals surface area contributed by atoms with Crippen molar-refractivity contribution in [3.05, 3.63) is 23.3 Å². The first-order chi connectivity index (χ1) is 12.3. The average molecular weight is 363 g/mol. The van der Waals surface area contributed by atoms with E-state index in [2.05, 4.69) is 32.9 Å². The predicted octanol–water partition coefficient (Wildman–Crippen LogP) is 5.89. The van der Waals surface area contributed by atoms with Crippen LogP contribution >= 0.6 is 0 Å². The van der Waals surface area contributed by atoms with Crippen molar-refractivity contribution >= 4 is 0 Å². The molecule has 3 aliphatic rings. The Balaban J connectivity index is 0.00000117. The van der Waals surface area contributed by atoms with Crippen molar-refractivity contribution < 1.29 is 10.2 Å². The minimum atomic E-state index is -0.396. The molecule has 3 unspecified atom stereocenters. The third-order valence-corrected chi connectivity index (χ3v) is 7.53. The summed E-state index contributed by atoms with van der Waals surface area (Å²) in [6, 6.07) is 0. The summed E-state index contributed by atoms with van der Waals surface area (Å²) in [7, 11) is 0. The van der Waals surface area contributed by atoms with E-state index in [4.69, 9.17) is 0 Å². The summed E-state index contributed by atoms with van der Waals surface area (Å²) in [6.45, 7) is 13.3. The van der Waals surface area contributed by atoms with Gasteiger partial charge in [-0.05, 0) is 68.1 Å². The molecule has 0 aliphatic heterocycles. The van der Waals surface area contributed by atoms with Crippen LogP contribution in [0.4, 0.5) is 0 Å². The van der Waals surface area contributed by atoms with Crippen molar-refractivity contribution in [1.82, 2.24) is 0 Å². The third-order valence-electron chi connectivity index (χ3n) is 7.53. The molecule has 0 aromatic heterocycles. The van der Waals surface area contributed by atoms with Crippen molar-refractivity contribution in [3.63, 3.8) is 0 Å². The van der Waals surface area contributed by atoms with Gasteiger partial charge in [-0.3, -0.25) is 0 Å². The number of fused-ring (bicyclic) bond motifs is 1. The molecule has 0 spiro atoms. The molecule has 0 aromatic carbocycles. The first-order valence-electron chi connectivity index (χ1n) is 11.1. The van der Waals surface area contributed by atoms with E-state index in [-0.39, 0.29) is 5.92 Å². The molecule has 2 N–H and O–H groups in total. The van der Waals surface area contributed by atoms with Crippen LogP contribution in [-0.4, -0.2) is 22.4 Å². The molecule has 0 amide bonds. The number of allylic oxidation sites excluding steroid dienone is 3. The fourth-order valence-corrected chi connectivity index (χ4v) is 5.98. The van der Waals surface area contributed by atoms with Gasteiger partial charge in [-0.15, -0.1) is 0 Å². The van der Waals surface area contributed by atoms with Gasteiger partial charge in [-0.25, -0.2) is 0 Å². The van der Waals surface area contributed by atoms with E-state index in [0.29, 0.717) is 5.41 Å². The fraction of sp³-hybridized carbons (Fsp3) is 0.833. The molecule has 0 radical (unpaired) electrons. The normalized spacial score (nSPS) is 43.3. The van der Waals surface area contributed by atoms with Crippen LogP contribution in [0.1, 0.15) is 86.5 Å². The van der Waals surface area contributed by atoms with Gasteiger partial charge in [0.05, 0.1) is 12.2 Å². The molecule has 2 heteroatoms. The largest absolute Gasteiger partial charge is 0.392 e. The molecule has 26 heavy (non-hydrogen) atoms. The highest BCUT2D eigenvalue weighted by molar-refractivity contribution is 5.26. The molecule has 0 saturated heterocycles. The van der Waals surface area contributed by atoms with Crippen LogP contribution in [0.5, 0.6) is 0 Å². The number of hydrogen-bond acceptors (Lipinski definition) is 2. The van der Waals surface area contributed by atoms with E-state index < -0.39 is 12.2 Å². The zero-order valence-corrected chi connectivity index (χ0v) is 18.0. The Labute approximate surface area is 161 Å². The van der Waals surface area contributed by atoms with Gasteiger partial charge in [0, 0.05) is 5.92 Å². The number of rotatable bonds is 2. The van der Waals surface area contributed by atoms with Crippen molar-refractivity contribution in [1.29, 1.82) is 0 Å². The molecule has 2 nitrogen and oxygen atoms in total. The first kappa shape index (κ1) is 21.7. The summed E-state index contributed by atoms with van der Waals surface area (Å²) in [5.74, 6) is 2.38. The predicted molar refractivity (Wildman–Crippen MR) is 111 cm³/mol. The lowest BCUT2D eigenvalue weighted by Gasteiger charge is -2.43. The Kier molecular flexibility index (Phi) is 7.56. The molecule has 6 atom stereocenters. The molecule has 0 bridgehead atoms. The smallest absolute Gasteiger partial charge is 0.0627 e. The zero-order valence-electron chi connectivity index (χ0n) is 18.0. The molecule has 3 aliphatic carbocycles. The molecule has 0 aromatic rings. The highest BCUT2D eigenvalue weighted by atomic mass is 16.3. The molecule has 0 heterocycles. The summed E-state index contributed by atoms with van der Waals surface area (Å²) in [5.41, 5.74) is 3.32. The quantitative estimate of drug-likeness (QED) is 0.643. The van der Waals surface area contributed by atoms with Gasteiger partial charge in [0.1, 0.15) is 0 Å². The molecule has 3 saturated carbocycles. The first-order valence-corrected chi connectivity index (χ1v) is 11.1. The maximum Gasteiger partial charge on any atom is 0.0627 e. The topological polar surface area (TPSA) is 40.5 Å². The summed E-state index contributed by atoms with van der Waals surface area (Å²) < 4.78 is 0. The summed E-state index contributed by atoms with van der Waals surface area (Å²) in [6.07, 6.45) is 11.9. The lowest BCUT2D eigenvalue weighted by molar-refractivity contribution is 0.00407. The van der Waals surface area contributed by atoms with Gasteiger partial charge < -0.3 is 10.2 Å². The van der Waals surface area contributed by atoms with E-state index in [1.165, 1.54) is 37.7 Å². The highest BCUT2D eigenvalue weighted by Crippen LogP contribution is 2.59. The van der Waals surface area contributed by atoms with Gasteiger partial charge in [-0.1, -0.05) is 64.8 Å². The second kappa shape index (κ2) is 9.06. The monoisotopic (exact) mass is 362 g/mol. The molecule has 150 valence electrons. The summed E-state index contributed by atoms with van der Waals surface area (Å²) in [5, 5.41) is 20.2. The van der Waals surface area contributed by atoms with Crippen LogP contribution in [0, 0.1) is 29.1 Å². The molecule has 3 fully saturated rings. The number of hydrogen-bond donors (Lipinski definition) is 2. The van der Waals surface area contributed by atoms with Crippen molar-refractivity contribution in [3.8, 4) is 0 Å². The van der Waals surface area contributed by atoms with Gasteiger partial charge in [0.25, 0.3) is 0 Å². The average Bonchev–Trinajstić information content (AvgIpc) is 2.97. The number of aliphatic hydroxyl groups is 2. The number of aliphatic hydroxyl groups excluding tert-OH is 2. The van der Waals surface area contributed by atoms with Crippen LogP contribution in [0.25, 0.3) is 0 Å². The molecule has 3 rings (SSSR count). The fourth-order valence-electron chi connectivity index (χ4n) is 5.98. The van der Waals surface area contributed by atoms with Crippen LogP contribution in [0.3, 0.4) is 0 Å². The Hall–Kier alpha value is -0.600. The van der Waals surface area contributed by atoms with E-state index in [9.17, 15) is 10.2 Å². The van der Waals surface area contributed by atoms with Crippen LogP contribution < -0.4 is 0 Å². The highest BCUT2D eigenvalue weighted by Gasteiger charge is 2.49. The lowest BCUT2D eigenvalue weighted by Crippen LogP contribution is -2.35. The minimum absolute atomic E-state index is 0.00518. The minimum Gasteiger partial charge on any atom is -0.392 e. The Morgan fingerprint density at radius 2 is 1.65 bits per heavy atom. The summed E-state index contributed by atoms with van der Waals surface area (Å²) in [4.78, 5) is 0. The Morgan fingerprint density at radius 3 is 2.23 bits per heavy atom. The van der Waals surface area contributed by atoms with Gasteiger partial charge in [0.2, 0.25) is 0 Å². The maximum absolute atomic E-state index is 10.1. The maximum atomic E-state index is 10.1. The SMILES string of the molecule is CC.CC(C)C1CC[C@H]2/C(=C/C=C3CC(O)C(C)[C@H](O)C3)CCC[C@]12C. The van der Waals surface area contributed by atoms with Crippen molar-refractivity contribution in [2.24, 2.45) is 29.1 Å². The van der Waals surface area contributed by atoms with Crippen molar-refractivity contribution in [2.45, 2.75) is 98.7 Å². The van der Waals surface area contributed by atoms with E-state index in [0.717, 1.165) is 30.6 Å². The Bertz CT molecular complexity index is 504. The van der Waals surface area contributed by atoms with Gasteiger partial charge in [0.15, 0.2) is 0 Å². The second-order valence-electron chi connectivity index (χ2n) is 9.31. The van der Waals surface area contributed by atoms with Crippen LogP contribution in [-0.2, 0) is 0 Å². The van der Waals surface area contributed by atoms with E-state index >= 15 is 0 Å². The Morgan fingerprint density at radius 1 is 1.04 bits per heavy atom. The zero-order chi connectivity index (χ0) is 19.5. The standard InChI is InChI=1S/C22H36O2.C2H6/c1-14(2)18-9-10-19-17(6-5-11-22(18,19)4)8-7-16-12-20(23)15(3)21(24)13-16;1-2/h7-8,14-15,18-21,23-24H,5-6,9-13H2,1-4H3;1-2H3/b16-7?,17-8+;/t15?,18?,19-,20+,21?,22+;/m0./s1. The van der Waals surface area contributed by atoms with Crippen LogP contribution in [0.15, 0.2) is 23.3 Å². The third kappa shape index (κ3) is 4.28. The molecular weight excluding hydrogens is 320 g/mol. The van der Waals surface area contributed by atoms with E-state index in [1.54, 1.807) is 5.57 Å². The van der Waals surface area contributed by atoms with E-state index in [1.807, 2.05) is 20.8 Å². The lowest BCUT2D eigenvalue weighted by atomic mass is 9.61. The summed E-state index contributed by atoms with van der Waals surface area (Å²) >= 11 is 0. The molecular formula is C24H42O2. The van der Waals surface area contributed by atoms with Crippen LogP contribution in [0.2, 0.25) is 0 Å². The van der Waals surface area contributed by atoms with Gasteiger partial charge in [-0.2, -0.15) is 0 Å². The van der Waals surface area contributed by atoms with Crippen molar-refractivity contribution in [2.75, 3.05) is 0 Å². The van der Waals surface area contributed by atoms with Gasteiger partial charge >= 0.3 is 0 Å².